The molecule has 2 heterocycles. The molecule has 1 unspecified atom stereocenters. The predicted octanol–water partition coefficient (Wildman–Crippen LogP) is 3.04. The smallest absolute Gasteiger partial charge is 0.232 e. The first kappa shape index (κ1) is 17.2. The van der Waals surface area contributed by atoms with Crippen molar-refractivity contribution in [3.8, 4) is 5.75 Å². The molecule has 132 valence electrons. The van der Waals surface area contributed by atoms with Gasteiger partial charge in [0.05, 0.1) is 12.5 Å². The number of piperidine rings is 1. The maximum absolute atomic E-state index is 12.9. The Kier molecular flexibility index (Phi) is 4.88. The van der Waals surface area contributed by atoms with Crippen molar-refractivity contribution in [3.05, 3.63) is 42.4 Å². The summed E-state index contributed by atoms with van der Waals surface area (Å²) in [6.07, 6.45) is 3.39. The highest BCUT2D eigenvalue weighted by Crippen LogP contribution is 2.33. The van der Waals surface area contributed by atoms with Gasteiger partial charge in [-0.2, -0.15) is 0 Å². The second-order valence-corrected chi connectivity index (χ2v) is 6.79. The Labute approximate surface area is 148 Å². The summed E-state index contributed by atoms with van der Waals surface area (Å²) in [5.74, 6) is 1.69. The number of hydrogen-bond donors (Lipinski definition) is 1. The molecule has 1 atom stereocenters. The zero-order valence-electron chi connectivity index (χ0n) is 15.0. The molecule has 3 rings (SSSR count). The molecule has 1 amide bonds. The predicted molar refractivity (Wildman–Crippen MR) is 97.9 cm³/mol. The number of carbonyl (C=O) groups excluding carboxylic acids is 1. The van der Waals surface area contributed by atoms with Crippen molar-refractivity contribution in [2.45, 2.75) is 26.7 Å². The third-order valence-electron chi connectivity index (χ3n) is 4.71. The molecule has 1 aliphatic rings. The lowest BCUT2D eigenvalue weighted by atomic mass is 9.81. The van der Waals surface area contributed by atoms with Crippen LogP contribution in [0.3, 0.4) is 0 Å². The molecule has 2 aromatic rings. The summed E-state index contributed by atoms with van der Waals surface area (Å²) < 4.78 is 5.15. The summed E-state index contributed by atoms with van der Waals surface area (Å²) in [6, 6.07) is 9.36. The fourth-order valence-corrected chi connectivity index (χ4v) is 3.19. The van der Waals surface area contributed by atoms with Crippen LogP contribution in [0.15, 0.2) is 36.7 Å². The molecule has 1 aromatic carbocycles. The van der Waals surface area contributed by atoms with Crippen LogP contribution in [0.2, 0.25) is 0 Å². The minimum Gasteiger partial charge on any atom is -0.497 e. The van der Waals surface area contributed by atoms with E-state index in [2.05, 4.69) is 20.2 Å². The molecule has 25 heavy (non-hydrogen) atoms. The highest BCUT2D eigenvalue weighted by atomic mass is 16.5. The molecule has 1 fully saturated rings. The number of rotatable bonds is 4. The van der Waals surface area contributed by atoms with Gasteiger partial charge in [-0.05, 0) is 51.0 Å². The van der Waals surface area contributed by atoms with E-state index in [0.29, 0.717) is 6.54 Å². The van der Waals surface area contributed by atoms with Gasteiger partial charge in [0.1, 0.15) is 17.9 Å². The summed E-state index contributed by atoms with van der Waals surface area (Å²) in [4.78, 5) is 23.6. The summed E-state index contributed by atoms with van der Waals surface area (Å²) in [6.45, 7) is 5.52. The fraction of sp³-hybridized carbons (Fsp3) is 0.421. The van der Waals surface area contributed by atoms with Crippen LogP contribution in [0.5, 0.6) is 5.75 Å². The fourth-order valence-electron chi connectivity index (χ4n) is 3.19. The monoisotopic (exact) mass is 340 g/mol. The number of nitrogens with zero attached hydrogens (tertiary/aromatic N) is 3. The highest BCUT2D eigenvalue weighted by Gasteiger charge is 2.38. The van der Waals surface area contributed by atoms with Crippen molar-refractivity contribution in [1.29, 1.82) is 0 Å². The Balaban J connectivity index is 1.71. The van der Waals surface area contributed by atoms with Gasteiger partial charge >= 0.3 is 0 Å². The maximum atomic E-state index is 12.9. The van der Waals surface area contributed by atoms with E-state index in [9.17, 15) is 4.79 Å². The molecule has 1 saturated heterocycles. The van der Waals surface area contributed by atoms with Gasteiger partial charge in [-0.3, -0.25) is 4.79 Å². The van der Waals surface area contributed by atoms with Gasteiger partial charge in [-0.15, -0.1) is 0 Å². The molecule has 6 heteroatoms. The topological polar surface area (TPSA) is 67.3 Å². The third kappa shape index (κ3) is 3.90. The number of nitrogens with one attached hydrogen (secondary N) is 1. The number of ether oxygens (including phenoxy) is 1. The van der Waals surface area contributed by atoms with E-state index >= 15 is 0 Å². The zero-order chi connectivity index (χ0) is 17.9. The average Bonchev–Trinajstić information content (AvgIpc) is 2.62. The van der Waals surface area contributed by atoms with E-state index in [1.807, 2.05) is 44.2 Å². The van der Waals surface area contributed by atoms with Crippen molar-refractivity contribution in [2.24, 2.45) is 5.41 Å². The maximum Gasteiger partial charge on any atom is 0.232 e. The Morgan fingerprint density at radius 2 is 2.04 bits per heavy atom. The van der Waals surface area contributed by atoms with Gasteiger partial charge in [0, 0.05) is 30.5 Å². The number of methoxy groups -OCH3 is 1. The normalized spacial score (nSPS) is 20.2. The van der Waals surface area contributed by atoms with Crippen LogP contribution in [0.4, 0.5) is 11.5 Å². The molecule has 1 N–H and O–H groups in total. The Hall–Kier alpha value is -2.63. The molecule has 1 aliphatic heterocycles. The van der Waals surface area contributed by atoms with Crippen LogP contribution in [0.1, 0.15) is 25.5 Å². The molecular formula is C19H24N4O2. The van der Waals surface area contributed by atoms with E-state index in [1.54, 1.807) is 13.4 Å². The van der Waals surface area contributed by atoms with Crippen molar-refractivity contribution in [3.63, 3.8) is 0 Å². The largest absolute Gasteiger partial charge is 0.497 e. The summed E-state index contributed by atoms with van der Waals surface area (Å²) in [7, 11) is 1.63. The number of anilines is 2. The van der Waals surface area contributed by atoms with Crippen molar-refractivity contribution in [1.82, 2.24) is 9.97 Å². The molecule has 1 aromatic heterocycles. The lowest BCUT2D eigenvalue weighted by molar-refractivity contribution is -0.125. The van der Waals surface area contributed by atoms with E-state index in [1.165, 1.54) is 0 Å². The number of carbonyl (C=O) groups is 1. The number of hydrogen-bond acceptors (Lipinski definition) is 5. The highest BCUT2D eigenvalue weighted by molar-refractivity contribution is 5.95. The zero-order valence-corrected chi connectivity index (χ0v) is 15.0. The Morgan fingerprint density at radius 3 is 2.72 bits per heavy atom. The molecule has 0 bridgehead atoms. The second-order valence-electron chi connectivity index (χ2n) is 6.79. The van der Waals surface area contributed by atoms with Crippen molar-refractivity contribution in [2.75, 3.05) is 30.4 Å². The van der Waals surface area contributed by atoms with Crippen molar-refractivity contribution < 1.29 is 9.53 Å². The molecule has 6 nitrogen and oxygen atoms in total. The molecule has 0 aliphatic carbocycles. The van der Waals surface area contributed by atoms with Crippen LogP contribution in [0, 0.1) is 12.3 Å². The lowest BCUT2D eigenvalue weighted by Gasteiger charge is -2.39. The Morgan fingerprint density at radius 1 is 1.28 bits per heavy atom. The summed E-state index contributed by atoms with van der Waals surface area (Å²) >= 11 is 0. The van der Waals surface area contributed by atoms with Crippen LogP contribution < -0.4 is 15.0 Å². The first-order valence-electron chi connectivity index (χ1n) is 8.49. The summed E-state index contributed by atoms with van der Waals surface area (Å²) in [5, 5.41) is 3.03. The second kappa shape index (κ2) is 7.09. The number of amides is 1. The average molecular weight is 340 g/mol. The first-order chi connectivity index (χ1) is 12.0. The number of aromatic nitrogens is 2. The van der Waals surface area contributed by atoms with E-state index < -0.39 is 5.41 Å². The van der Waals surface area contributed by atoms with Crippen LogP contribution in [0.25, 0.3) is 0 Å². The summed E-state index contributed by atoms with van der Waals surface area (Å²) in [5.41, 5.74) is 1.25. The standard InChI is InChI=1S/C19H24N4O2/c1-14-11-17(21-13-20-14)23-10-4-9-19(2,12-23)18(24)22-15-5-7-16(25-3)8-6-15/h5-8,11,13H,4,9-10,12H2,1-3H3,(H,22,24). The van der Waals surface area contributed by atoms with Gasteiger partial charge in [-0.1, -0.05) is 0 Å². The molecule has 0 saturated carbocycles. The molecule has 0 spiro atoms. The van der Waals surface area contributed by atoms with Gasteiger partial charge in [0.15, 0.2) is 0 Å². The minimum absolute atomic E-state index is 0.0353. The first-order valence-corrected chi connectivity index (χ1v) is 8.49. The SMILES string of the molecule is COc1ccc(NC(=O)C2(C)CCCN(c3cc(C)ncn3)C2)cc1. The van der Waals surface area contributed by atoms with Crippen molar-refractivity contribution >= 4 is 17.4 Å². The van der Waals surface area contributed by atoms with Crippen LogP contribution >= 0.6 is 0 Å². The van der Waals surface area contributed by atoms with E-state index in [4.69, 9.17) is 4.74 Å². The minimum atomic E-state index is -0.461. The number of aryl methyl sites for hydroxylation is 1. The van der Waals surface area contributed by atoms with Gasteiger partial charge in [0.2, 0.25) is 5.91 Å². The lowest BCUT2D eigenvalue weighted by Crippen LogP contribution is -2.48. The molecular weight excluding hydrogens is 316 g/mol. The third-order valence-corrected chi connectivity index (χ3v) is 4.71. The number of benzene rings is 1. The van der Waals surface area contributed by atoms with Gasteiger partial charge < -0.3 is 15.0 Å². The van der Waals surface area contributed by atoms with Crippen LogP contribution in [-0.4, -0.2) is 36.1 Å². The van der Waals surface area contributed by atoms with Gasteiger partial charge in [0.25, 0.3) is 0 Å². The van der Waals surface area contributed by atoms with E-state index in [0.717, 1.165) is 42.3 Å². The Bertz CT molecular complexity index is 747. The molecule has 0 radical (unpaired) electrons. The van der Waals surface area contributed by atoms with Crippen LogP contribution in [-0.2, 0) is 4.79 Å². The van der Waals surface area contributed by atoms with E-state index in [-0.39, 0.29) is 5.91 Å². The quantitative estimate of drug-likeness (QED) is 0.926. The van der Waals surface area contributed by atoms with Gasteiger partial charge in [-0.25, -0.2) is 9.97 Å².